The van der Waals surface area contributed by atoms with Gasteiger partial charge >= 0.3 is 0 Å². The number of aliphatic imine (C=N–C) groups is 1. The van der Waals surface area contributed by atoms with Crippen LogP contribution >= 0.6 is 0 Å². The molecule has 0 bridgehead atoms. The van der Waals surface area contributed by atoms with Crippen molar-refractivity contribution in [3.05, 3.63) is 46.7 Å². The Morgan fingerprint density at radius 2 is 2.17 bits per heavy atom. The van der Waals surface area contributed by atoms with Gasteiger partial charge in [-0.1, -0.05) is 31.2 Å². The van der Waals surface area contributed by atoms with Gasteiger partial charge in [0.2, 0.25) is 0 Å². The first-order valence-electron chi connectivity index (χ1n) is 8.55. The minimum atomic E-state index is -0.00298. The van der Waals surface area contributed by atoms with E-state index in [1.165, 1.54) is 28.8 Å². The standard InChI is InChI=1S/C18H27N5/c1-3-13-7-4-5-8-14(13)17-20-16-10-6-9-15(16)18(21-17)22-23(2)12-11-19/h4-5,7-8,17,20H,3,6,9-12,19H2,1-2H3,(H,21,22). The number of nitrogens with zero attached hydrogens (tertiary/aromatic N) is 2. The number of aryl methyl sites for hydroxylation is 1. The minimum absolute atomic E-state index is 0.00298. The molecule has 1 atom stereocenters. The van der Waals surface area contributed by atoms with Gasteiger partial charge in [-0.2, -0.15) is 0 Å². The number of nitrogens with two attached hydrogens (primary N) is 1. The highest BCUT2D eigenvalue weighted by atomic mass is 15.5. The van der Waals surface area contributed by atoms with Crippen LogP contribution in [0, 0.1) is 0 Å². The van der Waals surface area contributed by atoms with E-state index < -0.39 is 0 Å². The maximum absolute atomic E-state index is 5.65. The summed E-state index contributed by atoms with van der Waals surface area (Å²) in [4.78, 5) is 4.98. The van der Waals surface area contributed by atoms with Gasteiger partial charge in [0.25, 0.3) is 0 Å². The predicted molar refractivity (Wildman–Crippen MR) is 94.8 cm³/mol. The first-order valence-corrected chi connectivity index (χ1v) is 8.55. The van der Waals surface area contributed by atoms with Crippen molar-refractivity contribution in [2.75, 3.05) is 20.1 Å². The molecule has 124 valence electrons. The Bertz CT molecular complexity index is 620. The molecule has 0 radical (unpaired) electrons. The summed E-state index contributed by atoms with van der Waals surface area (Å²) in [5, 5.41) is 5.67. The molecular weight excluding hydrogens is 286 g/mol. The quantitative estimate of drug-likeness (QED) is 0.728. The van der Waals surface area contributed by atoms with Crippen molar-refractivity contribution < 1.29 is 0 Å². The molecule has 1 heterocycles. The number of amidine groups is 1. The Labute approximate surface area is 138 Å². The Balaban J connectivity index is 1.89. The van der Waals surface area contributed by atoms with Crippen LogP contribution in [0.3, 0.4) is 0 Å². The molecule has 0 aromatic heterocycles. The maximum atomic E-state index is 5.65. The molecule has 0 saturated carbocycles. The summed E-state index contributed by atoms with van der Waals surface area (Å²) in [7, 11) is 2.02. The van der Waals surface area contributed by atoms with Crippen LogP contribution in [0.4, 0.5) is 0 Å². The lowest BCUT2D eigenvalue weighted by Gasteiger charge is -2.29. The molecule has 1 aromatic rings. The van der Waals surface area contributed by atoms with E-state index in [2.05, 4.69) is 41.9 Å². The van der Waals surface area contributed by atoms with E-state index in [1.807, 2.05) is 12.1 Å². The van der Waals surface area contributed by atoms with Crippen molar-refractivity contribution in [1.82, 2.24) is 15.8 Å². The lowest BCUT2D eigenvalue weighted by atomic mass is 10.0. The summed E-state index contributed by atoms with van der Waals surface area (Å²) in [6.07, 6.45) is 4.41. The van der Waals surface area contributed by atoms with Gasteiger partial charge in [0.1, 0.15) is 12.0 Å². The Kier molecular flexibility index (Phi) is 4.98. The van der Waals surface area contributed by atoms with Gasteiger partial charge in [0.15, 0.2) is 0 Å². The summed E-state index contributed by atoms with van der Waals surface area (Å²) >= 11 is 0. The minimum Gasteiger partial charge on any atom is -0.363 e. The Morgan fingerprint density at radius 3 is 2.96 bits per heavy atom. The zero-order chi connectivity index (χ0) is 16.2. The fraction of sp³-hybridized carbons (Fsp3) is 0.500. The number of hydrogen-bond acceptors (Lipinski definition) is 5. The smallest absolute Gasteiger partial charge is 0.147 e. The molecule has 2 aliphatic rings. The number of likely N-dealkylation sites (N-methyl/N-ethyl adjacent to an activating group) is 1. The Morgan fingerprint density at radius 1 is 1.35 bits per heavy atom. The summed E-state index contributed by atoms with van der Waals surface area (Å²) in [5.74, 6) is 1.00. The molecule has 5 heteroatoms. The SMILES string of the molecule is CCc1ccccc1C1N=C(NN(C)CCN)C2=C(CCC2)N1. The van der Waals surface area contributed by atoms with Gasteiger partial charge < -0.3 is 16.5 Å². The largest absolute Gasteiger partial charge is 0.363 e. The van der Waals surface area contributed by atoms with Gasteiger partial charge in [-0.05, 0) is 36.8 Å². The summed E-state index contributed by atoms with van der Waals surface area (Å²) in [5.41, 5.74) is 14.4. The normalized spacial score (nSPS) is 20.3. The molecule has 1 unspecified atom stereocenters. The highest BCUT2D eigenvalue weighted by Gasteiger charge is 2.28. The van der Waals surface area contributed by atoms with Crippen molar-refractivity contribution >= 4 is 5.84 Å². The van der Waals surface area contributed by atoms with E-state index in [0.717, 1.165) is 31.6 Å². The molecular formula is C18H27N5. The van der Waals surface area contributed by atoms with Gasteiger partial charge in [-0.25, -0.2) is 10.0 Å². The molecule has 3 rings (SSSR count). The second kappa shape index (κ2) is 7.15. The van der Waals surface area contributed by atoms with E-state index in [9.17, 15) is 0 Å². The average Bonchev–Trinajstić information content (AvgIpc) is 3.03. The van der Waals surface area contributed by atoms with Gasteiger partial charge in [0, 0.05) is 31.4 Å². The molecule has 23 heavy (non-hydrogen) atoms. The third-order valence-electron chi connectivity index (χ3n) is 4.56. The highest BCUT2D eigenvalue weighted by Crippen LogP contribution is 2.33. The van der Waals surface area contributed by atoms with E-state index in [4.69, 9.17) is 10.7 Å². The first-order chi connectivity index (χ1) is 11.2. The number of hydrazine groups is 1. The molecule has 0 saturated heterocycles. The van der Waals surface area contributed by atoms with Crippen molar-refractivity contribution in [1.29, 1.82) is 0 Å². The second-order valence-corrected chi connectivity index (χ2v) is 6.21. The van der Waals surface area contributed by atoms with E-state index in [0.29, 0.717) is 6.54 Å². The number of nitrogens with one attached hydrogen (secondary N) is 2. The summed E-state index contributed by atoms with van der Waals surface area (Å²) in [6, 6.07) is 8.57. The molecule has 4 N–H and O–H groups in total. The van der Waals surface area contributed by atoms with E-state index >= 15 is 0 Å². The van der Waals surface area contributed by atoms with Crippen molar-refractivity contribution in [3.8, 4) is 0 Å². The lowest BCUT2D eigenvalue weighted by Crippen LogP contribution is -2.45. The summed E-state index contributed by atoms with van der Waals surface area (Å²) in [6.45, 7) is 3.62. The van der Waals surface area contributed by atoms with Crippen LogP contribution in [-0.2, 0) is 6.42 Å². The van der Waals surface area contributed by atoms with Crippen LogP contribution < -0.4 is 16.5 Å². The zero-order valence-electron chi connectivity index (χ0n) is 14.1. The fourth-order valence-electron chi connectivity index (χ4n) is 3.37. The van der Waals surface area contributed by atoms with E-state index in [-0.39, 0.29) is 6.17 Å². The number of rotatable bonds is 5. The third kappa shape index (κ3) is 3.41. The highest BCUT2D eigenvalue weighted by molar-refractivity contribution is 5.99. The summed E-state index contributed by atoms with van der Waals surface area (Å²) < 4.78 is 0. The molecule has 5 nitrogen and oxygen atoms in total. The third-order valence-corrected chi connectivity index (χ3v) is 4.56. The van der Waals surface area contributed by atoms with Gasteiger partial charge in [-0.3, -0.25) is 0 Å². The Hall–Kier alpha value is -1.85. The van der Waals surface area contributed by atoms with Crippen LogP contribution in [0.15, 0.2) is 40.5 Å². The molecule has 0 amide bonds. The molecule has 1 aromatic carbocycles. The van der Waals surface area contributed by atoms with E-state index in [1.54, 1.807) is 0 Å². The topological polar surface area (TPSA) is 65.7 Å². The monoisotopic (exact) mass is 313 g/mol. The van der Waals surface area contributed by atoms with Crippen LogP contribution in [0.2, 0.25) is 0 Å². The van der Waals surface area contributed by atoms with Crippen LogP contribution in [0.5, 0.6) is 0 Å². The average molecular weight is 313 g/mol. The molecule has 1 aliphatic carbocycles. The number of benzene rings is 1. The fourth-order valence-corrected chi connectivity index (χ4v) is 3.37. The second-order valence-electron chi connectivity index (χ2n) is 6.21. The zero-order valence-corrected chi connectivity index (χ0v) is 14.1. The van der Waals surface area contributed by atoms with Crippen molar-refractivity contribution in [2.24, 2.45) is 10.7 Å². The predicted octanol–water partition coefficient (Wildman–Crippen LogP) is 2.08. The van der Waals surface area contributed by atoms with Gasteiger partial charge in [-0.15, -0.1) is 0 Å². The van der Waals surface area contributed by atoms with Crippen molar-refractivity contribution in [2.45, 2.75) is 38.8 Å². The lowest BCUT2D eigenvalue weighted by molar-refractivity contribution is 0.299. The maximum Gasteiger partial charge on any atom is 0.147 e. The molecule has 1 aliphatic heterocycles. The van der Waals surface area contributed by atoms with Crippen LogP contribution in [-0.4, -0.2) is 31.0 Å². The molecule has 0 spiro atoms. The molecule has 0 fully saturated rings. The van der Waals surface area contributed by atoms with Crippen LogP contribution in [0.1, 0.15) is 43.5 Å². The first kappa shape index (κ1) is 16.0. The van der Waals surface area contributed by atoms with Gasteiger partial charge in [0.05, 0.1) is 0 Å². The number of allylic oxidation sites excluding steroid dienone is 1. The number of hydrogen-bond donors (Lipinski definition) is 3. The van der Waals surface area contributed by atoms with Crippen LogP contribution in [0.25, 0.3) is 0 Å². The van der Waals surface area contributed by atoms with Crippen molar-refractivity contribution in [3.63, 3.8) is 0 Å².